The summed E-state index contributed by atoms with van der Waals surface area (Å²) in [6.07, 6.45) is 5.16. The van der Waals surface area contributed by atoms with Crippen LogP contribution in [0.4, 0.5) is 0 Å². The van der Waals surface area contributed by atoms with E-state index in [-0.39, 0.29) is 11.8 Å². The lowest BCUT2D eigenvalue weighted by Gasteiger charge is -2.36. The minimum absolute atomic E-state index is 0.239. The van der Waals surface area contributed by atoms with Crippen molar-refractivity contribution in [3.05, 3.63) is 25.3 Å². The molecule has 0 aromatic heterocycles. The SMILES string of the molecule is C=CCC(C)C(O)(CC=C)C(C)C. The van der Waals surface area contributed by atoms with Gasteiger partial charge >= 0.3 is 0 Å². The maximum atomic E-state index is 10.4. The van der Waals surface area contributed by atoms with Gasteiger partial charge in [0.2, 0.25) is 0 Å². The van der Waals surface area contributed by atoms with Gasteiger partial charge in [-0.1, -0.05) is 32.9 Å². The largest absolute Gasteiger partial charge is 0.389 e. The summed E-state index contributed by atoms with van der Waals surface area (Å²) in [5.74, 6) is 0.489. The van der Waals surface area contributed by atoms with Gasteiger partial charge in [0.05, 0.1) is 5.60 Å². The van der Waals surface area contributed by atoms with E-state index in [1.165, 1.54) is 0 Å². The van der Waals surface area contributed by atoms with Crippen LogP contribution in [0.2, 0.25) is 0 Å². The Morgan fingerprint density at radius 3 is 2.08 bits per heavy atom. The second kappa shape index (κ2) is 5.23. The molecule has 2 unspecified atom stereocenters. The van der Waals surface area contributed by atoms with E-state index in [1.807, 2.05) is 19.9 Å². The molecule has 0 fully saturated rings. The first-order valence-electron chi connectivity index (χ1n) is 4.93. The van der Waals surface area contributed by atoms with Crippen LogP contribution in [-0.4, -0.2) is 10.7 Å². The van der Waals surface area contributed by atoms with Crippen LogP contribution in [0.1, 0.15) is 33.6 Å². The monoisotopic (exact) mass is 182 g/mol. The topological polar surface area (TPSA) is 20.2 Å². The first kappa shape index (κ1) is 12.4. The molecule has 0 bridgehead atoms. The van der Waals surface area contributed by atoms with Gasteiger partial charge in [-0.15, -0.1) is 13.2 Å². The Labute approximate surface area is 82.2 Å². The highest BCUT2D eigenvalue weighted by molar-refractivity contribution is 4.94. The van der Waals surface area contributed by atoms with Crippen molar-refractivity contribution in [2.45, 2.75) is 39.2 Å². The molecular weight excluding hydrogens is 160 g/mol. The van der Waals surface area contributed by atoms with E-state index in [0.717, 1.165) is 6.42 Å². The standard InChI is InChI=1S/C12H22O/c1-6-8-11(5)12(13,9-7-2)10(3)4/h6-7,10-11,13H,1-2,8-9H2,3-5H3. The maximum absolute atomic E-state index is 10.4. The minimum Gasteiger partial charge on any atom is -0.389 e. The van der Waals surface area contributed by atoms with Crippen molar-refractivity contribution in [1.82, 2.24) is 0 Å². The third-order valence-electron chi connectivity index (χ3n) is 2.84. The smallest absolute Gasteiger partial charge is 0.0732 e. The summed E-state index contributed by atoms with van der Waals surface area (Å²) in [7, 11) is 0. The zero-order chi connectivity index (χ0) is 10.5. The van der Waals surface area contributed by atoms with Gasteiger partial charge in [0.25, 0.3) is 0 Å². The molecular formula is C12H22O. The highest BCUT2D eigenvalue weighted by Gasteiger charge is 2.34. The molecule has 0 aliphatic carbocycles. The van der Waals surface area contributed by atoms with Crippen LogP contribution in [0.25, 0.3) is 0 Å². The fourth-order valence-corrected chi connectivity index (χ4v) is 1.69. The summed E-state index contributed by atoms with van der Waals surface area (Å²) in [5.41, 5.74) is -0.629. The number of aliphatic hydroxyl groups is 1. The quantitative estimate of drug-likeness (QED) is 0.626. The third kappa shape index (κ3) is 3.00. The van der Waals surface area contributed by atoms with Crippen molar-refractivity contribution in [2.75, 3.05) is 0 Å². The predicted octanol–water partition coefficient (Wildman–Crippen LogP) is 3.16. The Hall–Kier alpha value is -0.560. The van der Waals surface area contributed by atoms with Gasteiger partial charge in [-0.05, 0) is 24.7 Å². The van der Waals surface area contributed by atoms with E-state index in [9.17, 15) is 5.11 Å². The minimum atomic E-state index is -0.629. The number of hydrogen-bond donors (Lipinski definition) is 1. The Morgan fingerprint density at radius 2 is 1.77 bits per heavy atom. The van der Waals surface area contributed by atoms with Gasteiger partial charge in [-0.25, -0.2) is 0 Å². The average Bonchev–Trinajstić information content (AvgIpc) is 2.04. The molecule has 0 saturated carbocycles. The van der Waals surface area contributed by atoms with Crippen molar-refractivity contribution >= 4 is 0 Å². The molecule has 0 radical (unpaired) electrons. The lowest BCUT2D eigenvalue weighted by molar-refractivity contribution is -0.0490. The lowest BCUT2D eigenvalue weighted by atomic mass is 9.76. The highest BCUT2D eigenvalue weighted by atomic mass is 16.3. The normalized spacial score (nSPS) is 17.9. The van der Waals surface area contributed by atoms with Crippen LogP contribution < -0.4 is 0 Å². The number of hydrogen-bond acceptors (Lipinski definition) is 1. The van der Waals surface area contributed by atoms with Crippen LogP contribution in [-0.2, 0) is 0 Å². The molecule has 0 aromatic carbocycles. The van der Waals surface area contributed by atoms with Crippen molar-refractivity contribution in [2.24, 2.45) is 11.8 Å². The first-order valence-corrected chi connectivity index (χ1v) is 4.93. The molecule has 0 amide bonds. The van der Waals surface area contributed by atoms with E-state index in [0.29, 0.717) is 6.42 Å². The Bertz CT molecular complexity index is 172. The highest BCUT2D eigenvalue weighted by Crippen LogP contribution is 2.32. The van der Waals surface area contributed by atoms with E-state index in [1.54, 1.807) is 6.08 Å². The summed E-state index contributed by atoms with van der Waals surface area (Å²) in [4.78, 5) is 0. The van der Waals surface area contributed by atoms with Crippen molar-refractivity contribution in [3.8, 4) is 0 Å². The molecule has 2 atom stereocenters. The van der Waals surface area contributed by atoms with Crippen LogP contribution in [0.5, 0.6) is 0 Å². The van der Waals surface area contributed by atoms with E-state index in [2.05, 4.69) is 20.1 Å². The average molecular weight is 182 g/mol. The van der Waals surface area contributed by atoms with E-state index in [4.69, 9.17) is 0 Å². The van der Waals surface area contributed by atoms with Crippen LogP contribution in [0, 0.1) is 11.8 Å². The number of allylic oxidation sites excluding steroid dienone is 1. The summed E-state index contributed by atoms with van der Waals surface area (Å²) >= 11 is 0. The zero-order valence-corrected chi connectivity index (χ0v) is 9.09. The van der Waals surface area contributed by atoms with Gasteiger partial charge in [0.15, 0.2) is 0 Å². The molecule has 0 heterocycles. The molecule has 76 valence electrons. The molecule has 0 rings (SSSR count). The van der Waals surface area contributed by atoms with Crippen molar-refractivity contribution in [3.63, 3.8) is 0 Å². The Kier molecular flexibility index (Phi) is 5.01. The van der Waals surface area contributed by atoms with Crippen molar-refractivity contribution < 1.29 is 5.11 Å². The van der Waals surface area contributed by atoms with Gasteiger partial charge < -0.3 is 5.11 Å². The fourth-order valence-electron chi connectivity index (χ4n) is 1.69. The molecule has 0 aliphatic rings. The summed E-state index contributed by atoms with van der Waals surface area (Å²) in [6, 6.07) is 0. The molecule has 0 aromatic rings. The molecule has 1 nitrogen and oxygen atoms in total. The number of rotatable bonds is 6. The molecule has 0 aliphatic heterocycles. The van der Waals surface area contributed by atoms with E-state index >= 15 is 0 Å². The lowest BCUT2D eigenvalue weighted by Crippen LogP contribution is -2.41. The van der Waals surface area contributed by atoms with Crippen molar-refractivity contribution in [1.29, 1.82) is 0 Å². The van der Waals surface area contributed by atoms with Gasteiger partial charge in [-0.2, -0.15) is 0 Å². The molecule has 1 N–H and O–H groups in total. The summed E-state index contributed by atoms with van der Waals surface area (Å²) in [6.45, 7) is 13.5. The fraction of sp³-hybridized carbons (Fsp3) is 0.667. The predicted molar refractivity (Wildman–Crippen MR) is 58.6 cm³/mol. The van der Waals surface area contributed by atoms with Crippen LogP contribution in [0.15, 0.2) is 25.3 Å². The Morgan fingerprint density at radius 1 is 1.23 bits per heavy atom. The van der Waals surface area contributed by atoms with Gasteiger partial charge in [-0.3, -0.25) is 0 Å². The summed E-state index contributed by atoms with van der Waals surface area (Å²) in [5, 5.41) is 10.4. The molecule has 0 spiro atoms. The van der Waals surface area contributed by atoms with E-state index < -0.39 is 5.60 Å². The second-order valence-electron chi connectivity index (χ2n) is 4.06. The first-order chi connectivity index (χ1) is 5.99. The van der Waals surface area contributed by atoms with Crippen LogP contribution >= 0.6 is 0 Å². The molecule has 0 saturated heterocycles. The molecule has 1 heteroatoms. The van der Waals surface area contributed by atoms with Gasteiger partial charge in [0.1, 0.15) is 0 Å². The van der Waals surface area contributed by atoms with Gasteiger partial charge in [0, 0.05) is 0 Å². The van der Waals surface area contributed by atoms with Crippen LogP contribution in [0.3, 0.4) is 0 Å². The zero-order valence-electron chi connectivity index (χ0n) is 9.09. The molecule has 13 heavy (non-hydrogen) atoms. The summed E-state index contributed by atoms with van der Waals surface area (Å²) < 4.78 is 0. The maximum Gasteiger partial charge on any atom is 0.0732 e. The Balaban J connectivity index is 4.54. The second-order valence-corrected chi connectivity index (χ2v) is 4.06. The third-order valence-corrected chi connectivity index (χ3v) is 2.84.